The van der Waals surface area contributed by atoms with Crippen molar-refractivity contribution in [1.82, 2.24) is 9.55 Å². The second kappa shape index (κ2) is 5.68. The van der Waals surface area contributed by atoms with Crippen molar-refractivity contribution in [2.24, 2.45) is 0 Å². The molecule has 1 fully saturated rings. The minimum Gasteiger partial charge on any atom is -0.465 e. The minimum absolute atomic E-state index is 0.161. The van der Waals surface area contributed by atoms with Crippen LogP contribution in [-0.2, 0) is 4.74 Å². The first kappa shape index (κ1) is 14.0. The lowest BCUT2D eigenvalue weighted by atomic mass is 10.2. The van der Waals surface area contributed by atoms with Gasteiger partial charge in [-0.3, -0.25) is 9.36 Å². The quantitative estimate of drug-likeness (QED) is 0.772. The van der Waals surface area contributed by atoms with Gasteiger partial charge in [-0.15, -0.1) is 0 Å². The Hall–Kier alpha value is -1.44. The number of hydrogen-bond donors (Lipinski definition) is 2. The van der Waals surface area contributed by atoms with Crippen molar-refractivity contribution in [2.45, 2.75) is 38.7 Å². The van der Waals surface area contributed by atoms with Gasteiger partial charge < -0.3 is 19.7 Å². The standard InChI is InChI=1S/C12H18N2O5/c1-3-18-12-13-11(17)7(2)5-14(12)10-4-8(16)9(6-15)19-10/h5,8-10,15-16H,3-4,6H2,1-2H3/t8-,9-,10-/m1/s1. The Morgan fingerprint density at radius 1 is 1.63 bits per heavy atom. The largest absolute Gasteiger partial charge is 0.465 e. The highest BCUT2D eigenvalue weighted by Crippen LogP contribution is 2.30. The number of aryl methyl sites for hydroxylation is 1. The van der Waals surface area contributed by atoms with Gasteiger partial charge in [-0.25, -0.2) is 0 Å². The van der Waals surface area contributed by atoms with Crippen LogP contribution in [0.1, 0.15) is 25.1 Å². The van der Waals surface area contributed by atoms with Gasteiger partial charge in [0.15, 0.2) is 0 Å². The van der Waals surface area contributed by atoms with E-state index in [1.54, 1.807) is 24.6 Å². The summed E-state index contributed by atoms with van der Waals surface area (Å²) >= 11 is 0. The molecular weight excluding hydrogens is 252 g/mol. The Bertz CT molecular complexity index is 501. The second-order valence-electron chi connectivity index (χ2n) is 4.47. The number of aromatic nitrogens is 2. The van der Waals surface area contributed by atoms with Crippen molar-refractivity contribution in [1.29, 1.82) is 0 Å². The maximum absolute atomic E-state index is 11.5. The Morgan fingerprint density at radius 2 is 2.37 bits per heavy atom. The van der Waals surface area contributed by atoms with Crippen LogP contribution < -0.4 is 10.3 Å². The van der Waals surface area contributed by atoms with Gasteiger partial charge in [0.05, 0.1) is 19.3 Å². The normalized spacial score (nSPS) is 26.6. The summed E-state index contributed by atoms with van der Waals surface area (Å²) in [5.74, 6) is 0. The van der Waals surface area contributed by atoms with Crippen LogP contribution in [0, 0.1) is 6.92 Å². The smallest absolute Gasteiger partial charge is 0.301 e. The van der Waals surface area contributed by atoms with Crippen molar-refractivity contribution >= 4 is 0 Å². The SMILES string of the molecule is CCOc1nc(=O)c(C)cn1[C@H]1C[C@@H](O)[C@@H](CO)O1. The number of aliphatic hydroxyl groups is 2. The fourth-order valence-corrected chi connectivity index (χ4v) is 2.04. The van der Waals surface area contributed by atoms with E-state index in [0.717, 1.165) is 0 Å². The zero-order valence-electron chi connectivity index (χ0n) is 10.9. The third kappa shape index (κ3) is 2.78. The second-order valence-corrected chi connectivity index (χ2v) is 4.47. The average Bonchev–Trinajstić information content (AvgIpc) is 2.75. The molecule has 19 heavy (non-hydrogen) atoms. The van der Waals surface area contributed by atoms with E-state index in [0.29, 0.717) is 18.6 Å². The van der Waals surface area contributed by atoms with Gasteiger partial charge in [0.25, 0.3) is 5.56 Å². The average molecular weight is 270 g/mol. The number of ether oxygens (including phenoxy) is 2. The molecule has 7 nitrogen and oxygen atoms in total. The molecule has 1 aromatic heterocycles. The van der Waals surface area contributed by atoms with Crippen LogP contribution >= 0.6 is 0 Å². The lowest BCUT2D eigenvalue weighted by molar-refractivity contribution is -0.0473. The highest BCUT2D eigenvalue weighted by molar-refractivity contribution is 5.10. The van der Waals surface area contributed by atoms with Gasteiger partial charge in [-0.2, -0.15) is 4.98 Å². The van der Waals surface area contributed by atoms with Gasteiger partial charge in [0, 0.05) is 18.2 Å². The van der Waals surface area contributed by atoms with Crippen LogP contribution in [0.4, 0.5) is 0 Å². The maximum Gasteiger partial charge on any atom is 0.301 e. The number of nitrogens with zero attached hydrogens (tertiary/aromatic N) is 2. The first-order valence-corrected chi connectivity index (χ1v) is 6.23. The molecule has 1 aliphatic rings. The summed E-state index contributed by atoms with van der Waals surface area (Å²) in [6, 6.07) is 0.161. The maximum atomic E-state index is 11.5. The van der Waals surface area contributed by atoms with E-state index >= 15 is 0 Å². The van der Waals surface area contributed by atoms with Crippen LogP contribution in [0.25, 0.3) is 0 Å². The summed E-state index contributed by atoms with van der Waals surface area (Å²) < 4.78 is 12.4. The summed E-state index contributed by atoms with van der Waals surface area (Å²) in [4.78, 5) is 15.4. The number of aliphatic hydroxyl groups excluding tert-OH is 2. The van der Waals surface area contributed by atoms with Gasteiger partial charge in [0.1, 0.15) is 12.3 Å². The summed E-state index contributed by atoms with van der Waals surface area (Å²) in [7, 11) is 0. The minimum atomic E-state index is -0.746. The van der Waals surface area contributed by atoms with Gasteiger partial charge in [-0.1, -0.05) is 0 Å². The van der Waals surface area contributed by atoms with E-state index in [2.05, 4.69) is 4.98 Å². The summed E-state index contributed by atoms with van der Waals surface area (Å²) in [5, 5.41) is 18.8. The van der Waals surface area contributed by atoms with Crippen LogP contribution in [0.2, 0.25) is 0 Å². The predicted octanol–water partition coefficient (Wildman–Crippen LogP) is -0.409. The molecule has 3 atom stereocenters. The highest BCUT2D eigenvalue weighted by Gasteiger charge is 2.35. The van der Waals surface area contributed by atoms with Crippen molar-refractivity contribution < 1.29 is 19.7 Å². The topological polar surface area (TPSA) is 93.8 Å². The van der Waals surface area contributed by atoms with Crippen LogP contribution in [0.15, 0.2) is 11.0 Å². The molecule has 1 aliphatic heterocycles. The van der Waals surface area contributed by atoms with Gasteiger partial charge in [0.2, 0.25) is 0 Å². The Balaban J connectivity index is 2.33. The third-order valence-electron chi connectivity index (χ3n) is 3.06. The van der Waals surface area contributed by atoms with Gasteiger partial charge >= 0.3 is 6.01 Å². The molecule has 0 spiro atoms. The van der Waals surface area contributed by atoms with E-state index in [4.69, 9.17) is 14.6 Å². The van der Waals surface area contributed by atoms with Crippen LogP contribution in [0.3, 0.4) is 0 Å². The summed E-state index contributed by atoms with van der Waals surface area (Å²) in [5.41, 5.74) is 0.117. The lowest BCUT2D eigenvalue weighted by Crippen LogP contribution is -2.24. The molecule has 0 radical (unpaired) electrons. The molecule has 0 bridgehead atoms. The summed E-state index contributed by atoms with van der Waals surface area (Å²) in [6.45, 7) is 3.55. The molecular formula is C12H18N2O5. The van der Waals surface area contributed by atoms with Crippen molar-refractivity contribution in [3.05, 3.63) is 22.1 Å². The van der Waals surface area contributed by atoms with Crippen LogP contribution in [0.5, 0.6) is 6.01 Å². The zero-order valence-corrected chi connectivity index (χ0v) is 10.9. The molecule has 0 amide bonds. The Morgan fingerprint density at radius 3 is 2.95 bits per heavy atom. The molecule has 1 aromatic rings. The fraction of sp³-hybridized carbons (Fsp3) is 0.667. The van der Waals surface area contributed by atoms with E-state index in [-0.39, 0.29) is 18.2 Å². The molecule has 0 unspecified atom stereocenters. The van der Waals surface area contributed by atoms with Crippen molar-refractivity contribution in [2.75, 3.05) is 13.2 Å². The third-order valence-corrected chi connectivity index (χ3v) is 3.06. The molecule has 0 aliphatic carbocycles. The van der Waals surface area contributed by atoms with Crippen LogP contribution in [-0.4, -0.2) is 45.2 Å². The van der Waals surface area contributed by atoms with Gasteiger partial charge in [-0.05, 0) is 13.8 Å². The zero-order chi connectivity index (χ0) is 14.0. The number of hydrogen-bond acceptors (Lipinski definition) is 6. The first-order chi connectivity index (χ1) is 9.06. The molecule has 0 aromatic carbocycles. The molecule has 2 rings (SSSR count). The highest BCUT2D eigenvalue weighted by atomic mass is 16.6. The van der Waals surface area contributed by atoms with E-state index in [1.165, 1.54) is 0 Å². The van der Waals surface area contributed by atoms with E-state index in [9.17, 15) is 9.90 Å². The molecule has 7 heteroatoms. The summed E-state index contributed by atoms with van der Waals surface area (Å²) in [6.07, 6.45) is 0.0381. The number of rotatable bonds is 4. The predicted molar refractivity (Wildman–Crippen MR) is 66.0 cm³/mol. The van der Waals surface area contributed by atoms with Crippen molar-refractivity contribution in [3.8, 4) is 6.01 Å². The Labute approximate surface area is 110 Å². The van der Waals surface area contributed by atoms with E-state index in [1.807, 2.05) is 0 Å². The molecule has 106 valence electrons. The fourth-order valence-electron chi connectivity index (χ4n) is 2.04. The molecule has 1 saturated heterocycles. The lowest BCUT2D eigenvalue weighted by Gasteiger charge is -2.19. The monoisotopic (exact) mass is 270 g/mol. The van der Waals surface area contributed by atoms with Crippen molar-refractivity contribution in [3.63, 3.8) is 0 Å². The Kier molecular flexibility index (Phi) is 4.18. The first-order valence-electron chi connectivity index (χ1n) is 6.23. The van der Waals surface area contributed by atoms with E-state index < -0.39 is 18.4 Å². The molecule has 0 saturated carbocycles. The molecule has 2 heterocycles. The molecule has 2 N–H and O–H groups in total.